The van der Waals surface area contributed by atoms with E-state index < -0.39 is 17.4 Å². The number of hydrogen-bond donors (Lipinski definition) is 0. The lowest BCUT2D eigenvalue weighted by Gasteiger charge is -2.31. The highest BCUT2D eigenvalue weighted by Gasteiger charge is 2.54. The highest BCUT2D eigenvalue weighted by atomic mass is 16.6. The predicted molar refractivity (Wildman–Crippen MR) is 98.3 cm³/mol. The van der Waals surface area contributed by atoms with Crippen LogP contribution in [0.4, 0.5) is 5.69 Å². The zero-order valence-electron chi connectivity index (χ0n) is 15.5. The van der Waals surface area contributed by atoms with Crippen molar-refractivity contribution in [3.05, 3.63) is 30.3 Å². The van der Waals surface area contributed by atoms with Gasteiger partial charge in [0.25, 0.3) is 5.91 Å². The minimum absolute atomic E-state index is 0.0461. The molecular weight excluding hydrogens is 350 g/mol. The molecule has 1 aromatic carbocycles. The molecular formula is C19H21N3O5. The summed E-state index contributed by atoms with van der Waals surface area (Å²) in [6.07, 6.45) is -0.298. The topological polar surface area (TPSA) is 97.6 Å². The Labute approximate surface area is 156 Å². The summed E-state index contributed by atoms with van der Waals surface area (Å²) in [5.41, 5.74) is 0.00788. The normalized spacial score (nSPS) is 23.8. The van der Waals surface area contributed by atoms with Crippen LogP contribution in [-0.2, 0) is 23.9 Å². The maximum Gasteiger partial charge on any atom is 0.328 e. The highest BCUT2D eigenvalue weighted by molar-refractivity contribution is 6.22. The van der Waals surface area contributed by atoms with Crippen LogP contribution in [0.5, 0.6) is 0 Å². The van der Waals surface area contributed by atoms with Crippen LogP contribution in [0.1, 0.15) is 33.6 Å². The second-order valence-electron chi connectivity index (χ2n) is 6.80. The van der Waals surface area contributed by atoms with Gasteiger partial charge in [0, 0.05) is 6.42 Å². The first-order valence-corrected chi connectivity index (χ1v) is 8.70. The van der Waals surface area contributed by atoms with E-state index in [1.165, 1.54) is 5.01 Å². The average molecular weight is 371 g/mol. The van der Waals surface area contributed by atoms with Crippen molar-refractivity contribution in [2.75, 3.05) is 11.6 Å². The fourth-order valence-electron chi connectivity index (χ4n) is 3.11. The average Bonchev–Trinajstić information content (AvgIpc) is 2.84. The molecule has 0 aliphatic carbocycles. The molecule has 0 bridgehead atoms. The van der Waals surface area contributed by atoms with Crippen molar-refractivity contribution >= 4 is 35.1 Å². The summed E-state index contributed by atoms with van der Waals surface area (Å²) >= 11 is 0. The van der Waals surface area contributed by atoms with Crippen molar-refractivity contribution in [1.29, 1.82) is 0 Å². The number of ether oxygens (including phenoxy) is 2. The Morgan fingerprint density at radius 2 is 2.00 bits per heavy atom. The fraction of sp³-hybridized carbons (Fsp3) is 0.421. The maximum atomic E-state index is 13.1. The van der Waals surface area contributed by atoms with Gasteiger partial charge in [-0.1, -0.05) is 18.2 Å². The molecule has 0 radical (unpaired) electrons. The summed E-state index contributed by atoms with van der Waals surface area (Å²) in [7, 11) is 0. The standard InChI is InChI=1S/C19H21N3O5/c1-12(2)26-17(24)11-20-15-9-19(10-16(23)27-15)13(3)21-22(18(19)25)14-7-5-4-6-8-14/h4-8,12H,9-11H2,1-3H3. The van der Waals surface area contributed by atoms with E-state index in [0.29, 0.717) is 11.4 Å². The number of hydrazone groups is 1. The number of hydrogen-bond acceptors (Lipinski definition) is 7. The molecule has 27 heavy (non-hydrogen) atoms. The summed E-state index contributed by atoms with van der Waals surface area (Å²) < 4.78 is 10.2. The quantitative estimate of drug-likeness (QED) is 0.755. The largest absolute Gasteiger partial charge is 0.462 e. The number of amides is 1. The molecule has 0 saturated carbocycles. The summed E-state index contributed by atoms with van der Waals surface area (Å²) in [4.78, 5) is 41.0. The van der Waals surface area contributed by atoms with Crippen molar-refractivity contribution in [3.63, 3.8) is 0 Å². The first-order valence-electron chi connectivity index (χ1n) is 8.70. The van der Waals surface area contributed by atoms with E-state index >= 15 is 0 Å². The smallest absolute Gasteiger partial charge is 0.328 e. The van der Waals surface area contributed by atoms with Gasteiger partial charge in [-0.15, -0.1) is 0 Å². The Morgan fingerprint density at radius 1 is 1.30 bits per heavy atom. The van der Waals surface area contributed by atoms with E-state index in [9.17, 15) is 14.4 Å². The Balaban J connectivity index is 1.83. The van der Waals surface area contributed by atoms with Gasteiger partial charge in [0.2, 0.25) is 0 Å². The van der Waals surface area contributed by atoms with Gasteiger partial charge in [-0.2, -0.15) is 10.1 Å². The Bertz CT molecular complexity index is 831. The Kier molecular flexibility index (Phi) is 5.07. The van der Waals surface area contributed by atoms with Gasteiger partial charge in [0.05, 0.1) is 23.9 Å². The van der Waals surface area contributed by atoms with E-state index in [1.807, 2.05) is 6.07 Å². The van der Waals surface area contributed by atoms with Crippen LogP contribution in [0, 0.1) is 5.41 Å². The second-order valence-corrected chi connectivity index (χ2v) is 6.80. The minimum atomic E-state index is -1.13. The molecule has 2 aliphatic heterocycles. The first kappa shape index (κ1) is 18.8. The van der Waals surface area contributed by atoms with Crippen LogP contribution in [0.15, 0.2) is 40.4 Å². The monoisotopic (exact) mass is 371 g/mol. The van der Waals surface area contributed by atoms with Crippen LogP contribution in [0.2, 0.25) is 0 Å². The van der Waals surface area contributed by atoms with Crippen LogP contribution in [-0.4, -0.2) is 42.1 Å². The number of rotatable bonds is 4. The summed E-state index contributed by atoms with van der Waals surface area (Å²) in [5, 5.41) is 5.67. The number of aliphatic imine (C=N–C) groups is 1. The third-order valence-electron chi connectivity index (χ3n) is 4.43. The molecule has 8 heteroatoms. The lowest BCUT2D eigenvalue weighted by Crippen LogP contribution is -2.46. The van der Waals surface area contributed by atoms with Gasteiger partial charge in [-0.3, -0.25) is 14.4 Å². The molecule has 142 valence electrons. The van der Waals surface area contributed by atoms with Gasteiger partial charge in [0.1, 0.15) is 12.0 Å². The number of cyclic esters (lactones) is 1. The van der Waals surface area contributed by atoms with Crippen molar-refractivity contribution < 1.29 is 23.9 Å². The van der Waals surface area contributed by atoms with Gasteiger partial charge in [-0.25, -0.2) is 4.99 Å². The maximum absolute atomic E-state index is 13.1. The first-order chi connectivity index (χ1) is 12.8. The predicted octanol–water partition coefficient (Wildman–Crippen LogP) is 2.08. The third kappa shape index (κ3) is 3.74. The van der Waals surface area contributed by atoms with Crippen molar-refractivity contribution in [2.24, 2.45) is 15.5 Å². The van der Waals surface area contributed by atoms with E-state index in [4.69, 9.17) is 9.47 Å². The van der Waals surface area contributed by atoms with Crippen molar-refractivity contribution in [3.8, 4) is 0 Å². The number of para-hydroxylation sites is 1. The molecule has 1 fully saturated rings. The van der Waals surface area contributed by atoms with Gasteiger partial charge < -0.3 is 9.47 Å². The van der Waals surface area contributed by atoms with Gasteiger partial charge >= 0.3 is 11.9 Å². The van der Waals surface area contributed by atoms with Gasteiger partial charge in [-0.05, 0) is 32.9 Å². The number of esters is 2. The lowest BCUT2D eigenvalue weighted by molar-refractivity contribution is -0.146. The van der Waals surface area contributed by atoms with Crippen LogP contribution >= 0.6 is 0 Å². The molecule has 0 aromatic heterocycles. The molecule has 1 aromatic rings. The molecule has 1 spiro atoms. The number of benzene rings is 1. The molecule has 1 atom stereocenters. The van der Waals surface area contributed by atoms with E-state index in [-0.39, 0.29) is 37.3 Å². The van der Waals surface area contributed by atoms with Crippen molar-refractivity contribution in [2.45, 2.75) is 39.7 Å². The second kappa shape index (κ2) is 7.30. The molecule has 2 heterocycles. The molecule has 8 nitrogen and oxygen atoms in total. The SMILES string of the molecule is CC1=NN(c2ccccc2)C(=O)C12CC(=O)OC(=NCC(=O)OC(C)C)C2. The van der Waals surface area contributed by atoms with Crippen molar-refractivity contribution in [1.82, 2.24) is 0 Å². The highest BCUT2D eigenvalue weighted by Crippen LogP contribution is 2.41. The molecule has 2 aliphatic rings. The Hall–Kier alpha value is -3.03. The zero-order valence-corrected chi connectivity index (χ0v) is 15.5. The number of carbonyl (C=O) groups excluding carboxylic acids is 3. The fourth-order valence-corrected chi connectivity index (χ4v) is 3.11. The molecule has 3 rings (SSSR count). The van der Waals surface area contributed by atoms with Gasteiger partial charge in [0.15, 0.2) is 5.90 Å². The van der Waals surface area contributed by atoms with Crippen LogP contribution in [0.25, 0.3) is 0 Å². The van der Waals surface area contributed by atoms with E-state index in [1.54, 1.807) is 45.0 Å². The van der Waals surface area contributed by atoms with Crippen LogP contribution in [0.3, 0.4) is 0 Å². The van der Waals surface area contributed by atoms with E-state index in [0.717, 1.165) is 0 Å². The van der Waals surface area contributed by atoms with Crippen LogP contribution < -0.4 is 5.01 Å². The molecule has 1 amide bonds. The number of anilines is 1. The number of nitrogens with zero attached hydrogens (tertiary/aromatic N) is 3. The lowest BCUT2D eigenvalue weighted by atomic mass is 9.75. The minimum Gasteiger partial charge on any atom is -0.462 e. The number of carbonyl (C=O) groups is 3. The summed E-state index contributed by atoms with van der Waals surface area (Å²) in [6, 6.07) is 8.99. The zero-order chi connectivity index (χ0) is 19.6. The molecule has 1 unspecified atom stereocenters. The van der Waals surface area contributed by atoms with E-state index in [2.05, 4.69) is 10.1 Å². The molecule has 0 N–H and O–H groups in total. The third-order valence-corrected chi connectivity index (χ3v) is 4.43. The summed E-state index contributed by atoms with van der Waals surface area (Å²) in [6.45, 7) is 4.90. The Morgan fingerprint density at radius 3 is 2.67 bits per heavy atom. The summed E-state index contributed by atoms with van der Waals surface area (Å²) in [5.74, 6) is -1.36. The molecule has 1 saturated heterocycles.